The van der Waals surface area contributed by atoms with E-state index in [-0.39, 0.29) is 5.97 Å². The summed E-state index contributed by atoms with van der Waals surface area (Å²) in [5.74, 6) is 1.15. The fourth-order valence-electron chi connectivity index (χ4n) is 2.68. The largest absolute Gasteiger partial charge is 0.462 e. The Morgan fingerprint density at radius 3 is 2.89 bits per heavy atom. The van der Waals surface area contributed by atoms with Crippen LogP contribution in [0.3, 0.4) is 0 Å². The maximum Gasteiger partial charge on any atom is 0.342 e. The van der Waals surface area contributed by atoms with Crippen molar-refractivity contribution in [1.82, 2.24) is 20.2 Å². The molecule has 0 amide bonds. The molecule has 3 heterocycles. The molecule has 1 N–H and O–H groups in total. The summed E-state index contributed by atoms with van der Waals surface area (Å²) in [5, 5.41) is 8.37. The molecule has 7 nitrogen and oxygen atoms in total. The minimum atomic E-state index is -0.387. The third-order valence-electron chi connectivity index (χ3n) is 3.85. The van der Waals surface area contributed by atoms with Crippen LogP contribution in [0.5, 0.6) is 0 Å². The number of thioether (sulfide) groups is 1. The molecule has 0 unspecified atom stereocenters. The van der Waals surface area contributed by atoms with Crippen LogP contribution in [0.1, 0.15) is 23.0 Å². The van der Waals surface area contributed by atoms with Crippen molar-refractivity contribution >= 4 is 28.7 Å². The molecule has 0 aliphatic rings. The van der Waals surface area contributed by atoms with Crippen molar-refractivity contribution in [3.8, 4) is 11.5 Å². The van der Waals surface area contributed by atoms with Crippen LogP contribution in [-0.4, -0.2) is 32.7 Å². The Balaban J connectivity index is 1.58. The Bertz CT molecular complexity index is 1070. The van der Waals surface area contributed by atoms with Gasteiger partial charge in [0, 0.05) is 11.6 Å². The van der Waals surface area contributed by atoms with Crippen molar-refractivity contribution in [2.24, 2.45) is 0 Å². The van der Waals surface area contributed by atoms with E-state index < -0.39 is 0 Å². The summed E-state index contributed by atoms with van der Waals surface area (Å²) in [7, 11) is 0. The minimum absolute atomic E-state index is 0.305. The standard InChI is InChI=1S/C19H16N4O3S/c1-2-25-18(24)16-12-7-3-4-9-14(12)26-15(16)11-27-19-21-17(22-23-19)13-8-5-6-10-20-13/h3-10H,2,11H2,1H3,(H,21,22,23). The van der Waals surface area contributed by atoms with Gasteiger partial charge in [0.05, 0.1) is 12.4 Å². The maximum atomic E-state index is 12.4. The molecular weight excluding hydrogens is 364 g/mol. The second-order valence-corrected chi connectivity index (χ2v) is 6.53. The second-order valence-electron chi connectivity index (χ2n) is 5.59. The number of H-pyrrole nitrogens is 1. The molecule has 0 fully saturated rings. The number of esters is 1. The van der Waals surface area contributed by atoms with Gasteiger partial charge < -0.3 is 9.15 Å². The number of rotatable bonds is 6. The predicted octanol–water partition coefficient (Wildman–Crippen LogP) is 4.08. The molecule has 0 saturated heterocycles. The van der Waals surface area contributed by atoms with E-state index in [1.165, 1.54) is 11.8 Å². The normalized spacial score (nSPS) is 11.0. The van der Waals surface area contributed by atoms with E-state index in [0.29, 0.717) is 45.9 Å². The summed E-state index contributed by atoms with van der Waals surface area (Å²) in [5.41, 5.74) is 1.83. The Kier molecular flexibility index (Phi) is 4.88. The summed E-state index contributed by atoms with van der Waals surface area (Å²) in [6, 6.07) is 13.0. The molecule has 4 aromatic rings. The van der Waals surface area contributed by atoms with Crippen LogP contribution in [0.2, 0.25) is 0 Å². The van der Waals surface area contributed by atoms with Gasteiger partial charge in [-0.15, -0.1) is 5.10 Å². The molecule has 8 heteroatoms. The van der Waals surface area contributed by atoms with Gasteiger partial charge in [-0.1, -0.05) is 36.0 Å². The van der Waals surface area contributed by atoms with Crippen molar-refractivity contribution < 1.29 is 13.9 Å². The highest BCUT2D eigenvalue weighted by Crippen LogP contribution is 2.31. The molecular formula is C19H16N4O3S. The van der Waals surface area contributed by atoms with Crippen LogP contribution in [0.15, 0.2) is 58.2 Å². The van der Waals surface area contributed by atoms with Gasteiger partial charge >= 0.3 is 5.97 Å². The van der Waals surface area contributed by atoms with Gasteiger partial charge in [0.25, 0.3) is 0 Å². The summed E-state index contributed by atoms with van der Waals surface area (Å²) >= 11 is 1.37. The fourth-order valence-corrected chi connectivity index (χ4v) is 3.41. The Labute approximate surface area is 159 Å². The number of carbonyl (C=O) groups excluding carboxylic acids is 1. The topological polar surface area (TPSA) is 93.9 Å². The number of pyridine rings is 1. The van der Waals surface area contributed by atoms with E-state index in [0.717, 1.165) is 5.39 Å². The lowest BCUT2D eigenvalue weighted by molar-refractivity contribution is 0.0526. The molecule has 0 aliphatic carbocycles. The van der Waals surface area contributed by atoms with Crippen LogP contribution < -0.4 is 0 Å². The van der Waals surface area contributed by atoms with Gasteiger partial charge in [-0.05, 0) is 25.1 Å². The number of nitrogens with zero attached hydrogens (tertiary/aromatic N) is 3. The lowest BCUT2D eigenvalue weighted by atomic mass is 10.1. The zero-order chi connectivity index (χ0) is 18.6. The van der Waals surface area contributed by atoms with E-state index >= 15 is 0 Å². The first-order valence-corrected chi connectivity index (χ1v) is 9.39. The fraction of sp³-hybridized carbons (Fsp3) is 0.158. The van der Waals surface area contributed by atoms with Crippen molar-refractivity contribution in [3.05, 3.63) is 60.0 Å². The predicted molar refractivity (Wildman–Crippen MR) is 101 cm³/mol. The third kappa shape index (κ3) is 3.56. The van der Waals surface area contributed by atoms with Gasteiger partial charge in [0.1, 0.15) is 22.6 Å². The molecule has 1 aromatic carbocycles. The highest BCUT2D eigenvalue weighted by atomic mass is 32.2. The molecule has 0 atom stereocenters. The van der Waals surface area contributed by atoms with E-state index in [9.17, 15) is 4.79 Å². The zero-order valence-corrected chi connectivity index (χ0v) is 15.3. The molecule has 27 heavy (non-hydrogen) atoms. The highest BCUT2D eigenvalue weighted by Gasteiger charge is 2.22. The Hall–Kier alpha value is -3.13. The first-order valence-electron chi connectivity index (χ1n) is 8.40. The maximum absolute atomic E-state index is 12.4. The lowest BCUT2D eigenvalue weighted by Crippen LogP contribution is -2.06. The zero-order valence-electron chi connectivity index (χ0n) is 14.5. The third-order valence-corrected chi connectivity index (χ3v) is 4.70. The summed E-state index contributed by atoms with van der Waals surface area (Å²) < 4.78 is 11.1. The molecule has 4 rings (SSSR count). The molecule has 0 spiro atoms. The summed E-state index contributed by atoms with van der Waals surface area (Å²) in [4.78, 5) is 21.1. The SMILES string of the molecule is CCOC(=O)c1c(CSc2n[nH]c(-c3ccccn3)n2)oc2ccccc12. The minimum Gasteiger partial charge on any atom is -0.462 e. The van der Waals surface area contributed by atoms with Gasteiger partial charge in [-0.3, -0.25) is 10.1 Å². The van der Waals surface area contributed by atoms with Crippen molar-refractivity contribution in [1.29, 1.82) is 0 Å². The number of ether oxygens (including phenoxy) is 1. The summed E-state index contributed by atoms with van der Waals surface area (Å²) in [6.07, 6.45) is 1.70. The van der Waals surface area contributed by atoms with Crippen LogP contribution in [-0.2, 0) is 10.5 Å². The van der Waals surface area contributed by atoms with Crippen LogP contribution in [0.25, 0.3) is 22.5 Å². The number of hydrogen-bond donors (Lipinski definition) is 1. The van der Waals surface area contributed by atoms with Gasteiger partial charge in [-0.2, -0.15) is 4.98 Å². The Morgan fingerprint density at radius 2 is 2.07 bits per heavy atom. The lowest BCUT2D eigenvalue weighted by Gasteiger charge is -2.02. The molecule has 0 bridgehead atoms. The average molecular weight is 380 g/mol. The molecule has 0 saturated carbocycles. The number of benzene rings is 1. The number of para-hydroxylation sites is 1. The number of carbonyl (C=O) groups is 1. The smallest absolute Gasteiger partial charge is 0.342 e. The molecule has 136 valence electrons. The van der Waals surface area contributed by atoms with Crippen molar-refractivity contribution in [2.45, 2.75) is 17.8 Å². The van der Waals surface area contributed by atoms with Crippen molar-refractivity contribution in [2.75, 3.05) is 6.61 Å². The molecule has 3 aromatic heterocycles. The van der Waals surface area contributed by atoms with Gasteiger partial charge in [-0.25, -0.2) is 4.79 Å². The van der Waals surface area contributed by atoms with Gasteiger partial charge in [0.15, 0.2) is 5.82 Å². The number of fused-ring (bicyclic) bond motifs is 1. The second kappa shape index (κ2) is 7.63. The number of hydrogen-bond acceptors (Lipinski definition) is 7. The summed E-state index contributed by atoms with van der Waals surface area (Å²) in [6.45, 7) is 2.08. The van der Waals surface area contributed by atoms with Crippen LogP contribution >= 0.6 is 11.8 Å². The quantitative estimate of drug-likeness (QED) is 0.398. The monoisotopic (exact) mass is 380 g/mol. The number of aromatic amines is 1. The molecule has 0 aliphatic heterocycles. The number of aromatic nitrogens is 4. The Morgan fingerprint density at radius 1 is 1.22 bits per heavy atom. The van der Waals surface area contributed by atoms with E-state index in [2.05, 4.69) is 20.2 Å². The molecule has 0 radical (unpaired) electrons. The van der Waals surface area contributed by atoms with Crippen molar-refractivity contribution in [3.63, 3.8) is 0 Å². The number of nitrogens with one attached hydrogen (secondary N) is 1. The van der Waals surface area contributed by atoms with E-state index in [4.69, 9.17) is 9.15 Å². The van der Waals surface area contributed by atoms with Gasteiger partial charge in [0.2, 0.25) is 5.16 Å². The van der Waals surface area contributed by atoms with E-state index in [1.54, 1.807) is 13.1 Å². The number of furan rings is 1. The highest BCUT2D eigenvalue weighted by molar-refractivity contribution is 7.98. The van der Waals surface area contributed by atoms with E-state index in [1.807, 2.05) is 42.5 Å². The van der Waals surface area contributed by atoms with Crippen LogP contribution in [0, 0.1) is 0 Å². The average Bonchev–Trinajstić information content (AvgIpc) is 3.31. The van der Waals surface area contributed by atoms with Crippen LogP contribution in [0.4, 0.5) is 0 Å². The first-order chi connectivity index (χ1) is 13.3. The first kappa shape index (κ1) is 17.3.